The van der Waals surface area contributed by atoms with Crippen LogP contribution in [0.3, 0.4) is 0 Å². The summed E-state index contributed by atoms with van der Waals surface area (Å²) in [6, 6.07) is 15.3. The fraction of sp³-hybridized carbons (Fsp3) is 0.350. The lowest BCUT2D eigenvalue weighted by Gasteiger charge is -2.22. The second kappa shape index (κ2) is 6.17. The van der Waals surface area contributed by atoms with Crippen LogP contribution in [0.4, 0.5) is 0 Å². The number of benzene rings is 2. The van der Waals surface area contributed by atoms with Crippen LogP contribution in [-0.4, -0.2) is 22.9 Å². The molecule has 1 aromatic heterocycles. The van der Waals surface area contributed by atoms with Gasteiger partial charge in [0.25, 0.3) is 0 Å². The first-order valence-corrected chi connectivity index (χ1v) is 8.50. The zero-order chi connectivity index (χ0) is 15.6. The maximum Gasteiger partial charge on any atom is 0.0703 e. The van der Waals surface area contributed by atoms with Gasteiger partial charge in [0, 0.05) is 19.7 Å². The van der Waals surface area contributed by atoms with Crippen LogP contribution < -0.4 is 5.32 Å². The summed E-state index contributed by atoms with van der Waals surface area (Å²) in [5, 5.41) is 10.8. The van der Waals surface area contributed by atoms with Crippen LogP contribution >= 0.6 is 0 Å². The lowest BCUT2D eigenvalue weighted by Crippen LogP contribution is -2.26. The van der Waals surface area contributed by atoms with E-state index in [-0.39, 0.29) is 0 Å². The highest BCUT2D eigenvalue weighted by molar-refractivity contribution is 5.83. The quantitative estimate of drug-likeness (QED) is 0.801. The minimum Gasteiger partial charge on any atom is -0.317 e. The molecule has 0 aliphatic carbocycles. The summed E-state index contributed by atoms with van der Waals surface area (Å²) in [6.45, 7) is 2.24. The number of aromatic nitrogens is 2. The standard InChI is InChI=1S/C20H23N3/c1-23-14-19(17-8-10-21-11-9-17)20(22-23)13-15-6-7-16-4-2-3-5-18(16)12-15/h2-7,12,14,17,21H,8-11,13H2,1H3. The van der Waals surface area contributed by atoms with Crippen LogP contribution in [0.5, 0.6) is 0 Å². The summed E-state index contributed by atoms with van der Waals surface area (Å²) in [6.07, 6.45) is 5.59. The molecule has 2 aromatic carbocycles. The molecule has 0 unspecified atom stereocenters. The van der Waals surface area contributed by atoms with E-state index in [1.165, 1.54) is 40.4 Å². The molecule has 0 radical (unpaired) electrons. The molecular weight excluding hydrogens is 282 g/mol. The van der Waals surface area contributed by atoms with Gasteiger partial charge in [0.05, 0.1) is 5.69 Å². The topological polar surface area (TPSA) is 29.9 Å². The van der Waals surface area contributed by atoms with Crippen LogP contribution in [0.25, 0.3) is 10.8 Å². The van der Waals surface area contributed by atoms with Gasteiger partial charge in [-0.15, -0.1) is 0 Å². The Morgan fingerprint density at radius 3 is 2.70 bits per heavy atom. The largest absolute Gasteiger partial charge is 0.317 e. The highest BCUT2D eigenvalue weighted by atomic mass is 15.3. The van der Waals surface area contributed by atoms with Gasteiger partial charge in [-0.05, 0) is 53.7 Å². The monoisotopic (exact) mass is 305 g/mol. The van der Waals surface area contributed by atoms with E-state index in [1.54, 1.807) is 0 Å². The molecule has 0 amide bonds. The van der Waals surface area contributed by atoms with Crippen molar-refractivity contribution in [2.75, 3.05) is 13.1 Å². The summed E-state index contributed by atoms with van der Waals surface area (Å²) < 4.78 is 1.98. The maximum atomic E-state index is 4.76. The van der Waals surface area contributed by atoms with Crippen molar-refractivity contribution in [3.63, 3.8) is 0 Å². The average Bonchev–Trinajstić information content (AvgIpc) is 2.96. The van der Waals surface area contributed by atoms with Crippen molar-refractivity contribution < 1.29 is 0 Å². The number of rotatable bonds is 3. The van der Waals surface area contributed by atoms with E-state index in [9.17, 15) is 0 Å². The Labute approximate surface area is 137 Å². The summed E-state index contributed by atoms with van der Waals surface area (Å²) in [7, 11) is 2.04. The van der Waals surface area contributed by atoms with Gasteiger partial charge < -0.3 is 5.32 Å². The minimum absolute atomic E-state index is 0.653. The van der Waals surface area contributed by atoms with Crippen molar-refractivity contribution in [2.45, 2.75) is 25.2 Å². The molecule has 1 N–H and O–H groups in total. The Balaban J connectivity index is 1.64. The minimum atomic E-state index is 0.653. The van der Waals surface area contributed by atoms with Crippen molar-refractivity contribution in [1.82, 2.24) is 15.1 Å². The number of nitrogens with one attached hydrogen (secondary N) is 1. The van der Waals surface area contributed by atoms with Crippen molar-refractivity contribution >= 4 is 10.8 Å². The molecule has 0 atom stereocenters. The first-order chi connectivity index (χ1) is 11.3. The Hall–Kier alpha value is -2.13. The molecule has 3 heteroatoms. The highest BCUT2D eigenvalue weighted by Gasteiger charge is 2.20. The normalized spacial score (nSPS) is 16.0. The number of aryl methyl sites for hydroxylation is 1. The first-order valence-electron chi connectivity index (χ1n) is 8.50. The molecule has 0 spiro atoms. The third-order valence-corrected chi connectivity index (χ3v) is 4.90. The average molecular weight is 305 g/mol. The lowest BCUT2D eigenvalue weighted by atomic mass is 9.89. The van der Waals surface area contributed by atoms with Crippen LogP contribution in [0.15, 0.2) is 48.7 Å². The van der Waals surface area contributed by atoms with Crippen LogP contribution in [-0.2, 0) is 13.5 Å². The van der Waals surface area contributed by atoms with Crippen molar-refractivity contribution in [3.8, 4) is 0 Å². The van der Waals surface area contributed by atoms with E-state index in [2.05, 4.69) is 54.0 Å². The van der Waals surface area contributed by atoms with E-state index >= 15 is 0 Å². The summed E-state index contributed by atoms with van der Waals surface area (Å²) in [4.78, 5) is 0. The van der Waals surface area contributed by atoms with Gasteiger partial charge in [-0.25, -0.2) is 0 Å². The Morgan fingerprint density at radius 2 is 1.87 bits per heavy atom. The van der Waals surface area contributed by atoms with Crippen molar-refractivity contribution in [3.05, 3.63) is 65.5 Å². The van der Waals surface area contributed by atoms with E-state index in [0.29, 0.717) is 5.92 Å². The molecule has 2 heterocycles. The molecule has 1 fully saturated rings. The molecule has 3 aromatic rings. The van der Waals surface area contributed by atoms with Gasteiger partial charge in [-0.2, -0.15) is 5.10 Å². The molecule has 0 saturated carbocycles. The van der Waals surface area contributed by atoms with Gasteiger partial charge in [-0.1, -0.05) is 42.5 Å². The highest BCUT2D eigenvalue weighted by Crippen LogP contribution is 2.29. The predicted molar refractivity (Wildman–Crippen MR) is 94.8 cm³/mol. The Kier molecular flexibility index (Phi) is 3.88. The molecule has 4 rings (SSSR count). The second-order valence-corrected chi connectivity index (χ2v) is 6.59. The molecule has 23 heavy (non-hydrogen) atoms. The van der Waals surface area contributed by atoms with E-state index in [0.717, 1.165) is 19.5 Å². The van der Waals surface area contributed by atoms with Crippen molar-refractivity contribution in [2.24, 2.45) is 7.05 Å². The van der Waals surface area contributed by atoms with Crippen molar-refractivity contribution in [1.29, 1.82) is 0 Å². The number of fused-ring (bicyclic) bond motifs is 1. The Morgan fingerprint density at radius 1 is 1.09 bits per heavy atom. The zero-order valence-corrected chi connectivity index (χ0v) is 13.6. The second-order valence-electron chi connectivity index (χ2n) is 6.59. The first kappa shape index (κ1) is 14.5. The maximum absolute atomic E-state index is 4.76. The number of hydrogen-bond donors (Lipinski definition) is 1. The third kappa shape index (κ3) is 3.02. The SMILES string of the molecule is Cn1cc(C2CCNCC2)c(Cc2ccc3ccccc3c2)n1. The fourth-order valence-corrected chi connectivity index (χ4v) is 3.71. The molecular formula is C20H23N3. The predicted octanol–water partition coefficient (Wildman–Crippen LogP) is 3.63. The lowest BCUT2D eigenvalue weighted by molar-refractivity contribution is 0.458. The van der Waals surface area contributed by atoms with E-state index in [4.69, 9.17) is 5.10 Å². The molecule has 3 nitrogen and oxygen atoms in total. The van der Waals surface area contributed by atoms with Gasteiger partial charge in [0.1, 0.15) is 0 Å². The van der Waals surface area contributed by atoms with E-state index < -0.39 is 0 Å². The summed E-state index contributed by atoms with van der Waals surface area (Å²) >= 11 is 0. The van der Waals surface area contributed by atoms with Gasteiger partial charge in [0.15, 0.2) is 0 Å². The van der Waals surface area contributed by atoms with E-state index in [1.807, 2.05) is 11.7 Å². The Bertz CT molecular complexity index is 813. The van der Waals surface area contributed by atoms with Crippen LogP contribution in [0, 0.1) is 0 Å². The third-order valence-electron chi connectivity index (χ3n) is 4.90. The molecule has 118 valence electrons. The summed E-state index contributed by atoms with van der Waals surface area (Å²) in [5.74, 6) is 0.653. The van der Waals surface area contributed by atoms with Crippen LogP contribution in [0.1, 0.15) is 35.6 Å². The number of piperidine rings is 1. The summed E-state index contributed by atoms with van der Waals surface area (Å²) in [5.41, 5.74) is 4.04. The van der Waals surface area contributed by atoms with Gasteiger partial charge >= 0.3 is 0 Å². The fourth-order valence-electron chi connectivity index (χ4n) is 3.71. The molecule has 1 saturated heterocycles. The van der Waals surface area contributed by atoms with Crippen LogP contribution in [0.2, 0.25) is 0 Å². The smallest absolute Gasteiger partial charge is 0.0703 e. The molecule has 1 aliphatic heterocycles. The number of nitrogens with zero attached hydrogens (tertiary/aromatic N) is 2. The zero-order valence-electron chi connectivity index (χ0n) is 13.6. The van der Waals surface area contributed by atoms with Gasteiger partial charge in [0.2, 0.25) is 0 Å². The number of hydrogen-bond acceptors (Lipinski definition) is 2. The molecule has 0 bridgehead atoms. The van der Waals surface area contributed by atoms with Gasteiger partial charge in [-0.3, -0.25) is 4.68 Å². The molecule has 1 aliphatic rings.